The second-order valence-corrected chi connectivity index (χ2v) is 8.86. The number of imidazole rings is 1. The molecule has 2 N–H and O–H groups in total. The summed E-state index contributed by atoms with van der Waals surface area (Å²) in [5.74, 6) is 0.810. The van der Waals surface area contributed by atoms with Crippen molar-refractivity contribution in [1.82, 2.24) is 35.2 Å². The molecule has 1 saturated heterocycles. The maximum atomic E-state index is 12.9. The molecule has 2 aliphatic rings. The number of aromatic nitrogens is 5. The zero-order chi connectivity index (χ0) is 21.9. The van der Waals surface area contributed by atoms with Gasteiger partial charge in [-0.2, -0.15) is 0 Å². The number of nitrogens with one attached hydrogen (secondary N) is 2. The van der Waals surface area contributed by atoms with Gasteiger partial charge in [0.1, 0.15) is 5.82 Å². The van der Waals surface area contributed by atoms with Crippen LogP contribution in [0.25, 0.3) is 11.0 Å². The molecule has 3 aromatic rings. The largest absolute Gasteiger partial charge is 0.348 e. The lowest BCUT2D eigenvalue weighted by Gasteiger charge is -2.24. The highest BCUT2D eigenvalue weighted by molar-refractivity contribution is 5.92. The number of fused-ring (bicyclic) bond motifs is 1. The molecule has 0 radical (unpaired) electrons. The molecule has 1 aliphatic heterocycles. The fraction of sp³-hybridized carbons (Fsp3) is 0.522. The minimum absolute atomic E-state index is 0.0746. The number of benzene rings is 1. The number of hydrogen-bond donors (Lipinski definition) is 2. The maximum absolute atomic E-state index is 12.9. The van der Waals surface area contributed by atoms with Crippen molar-refractivity contribution in [3.63, 3.8) is 0 Å². The molecule has 1 aromatic carbocycles. The van der Waals surface area contributed by atoms with Gasteiger partial charge in [0.2, 0.25) is 5.91 Å². The highest BCUT2D eigenvalue weighted by Crippen LogP contribution is 2.21. The van der Waals surface area contributed by atoms with Crippen molar-refractivity contribution in [2.24, 2.45) is 0 Å². The third-order valence-corrected chi connectivity index (χ3v) is 6.57. The van der Waals surface area contributed by atoms with E-state index in [0.717, 1.165) is 49.1 Å². The third kappa shape index (κ3) is 4.51. The van der Waals surface area contributed by atoms with Crippen LogP contribution < -0.4 is 5.32 Å². The van der Waals surface area contributed by atoms with E-state index in [9.17, 15) is 9.59 Å². The number of aromatic amines is 1. The van der Waals surface area contributed by atoms with E-state index in [1.807, 2.05) is 29.2 Å². The fourth-order valence-electron chi connectivity index (χ4n) is 4.88. The standard InChI is InChI=1S/C23H29N7O2/c31-22(12-11-21-25-18-9-3-4-10-19(18)26-21)30-13-5-8-17(30)14-29-15-20(27-28-29)23(32)24-16-6-1-2-7-16/h3-4,9-10,15-17H,1-2,5-8,11-14H2,(H,24,32)(H,25,26)/t17-/m0/s1. The monoisotopic (exact) mass is 435 g/mol. The first kappa shape index (κ1) is 20.7. The van der Waals surface area contributed by atoms with Gasteiger partial charge in [-0.15, -0.1) is 5.10 Å². The number of carbonyl (C=O) groups excluding carboxylic acids is 2. The molecule has 1 atom stereocenters. The molecule has 2 fully saturated rings. The van der Waals surface area contributed by atoms with Gasteiger partial charge in [0.25, 0.3) is 5.91 Å². The van der Waals surface area contributed by atoms with E-state index in [1.165, 1.54) is 12.8 Å². The second-order valence-electron chi connectivity index (χ2n) is 8.86. The number of amides is 2. The molecule has 9 nitrogen and oxygen atoms in total. The van der Waals surface area contributed by atoms with Crippen LogP contribution in [-0.4, -0.2) is 60.3 Å². The lowest BCUT2D eigenvalue weighted by molar-refractivity contribution is -0.132. The summed E-state index contributed by atoms with van der Waals surface area (Å²) in [6, 6.07) is 8.21. The Morgan fingerprint density at radius 3 is 2.81 bits per heavy atom. The number of nitrogens with zero attached hydrogens (tertiary/aromatic N) is 5. The molecule has 0 spiro atoms. The molecule has 1 saturated carbocycles. The molecule has 2 amide bonds. The van der Waals surface area contributed by atoms with Crippen LogP contribution in [0.3, 0.4) is 0 Å². The van der Waals surface area contributed by atoms with Gasteiger partial charge in [0.15, 0.2) is 5.69 Å². The van der Waals surface area contributed by atoms with E-state index in [2.05, 4.69) is 25.6 Å². The van der Waals surface area contributed by atoms with Gasteiger partial charge in [-0.3, -0.25) is 9.59 Å². The van der Waals surface area contributed by atoms with Gasteiger partial charge in [0.05, 0.1) is 29.8 Å². The average Bonchev–Trinajstić information content (AvgIpc) is 3.58. The minimum atomic E-state index is -0.159. The molecule has 2 aromatic heterocycles. The smallest absolute Gasteiger partial charge is 0.273 e. The van der Waals surface area contributed by atoms with Gasteiger partial charge in [-0.05, 0) is 37.8 Å². The van der Waals surface area contributed by atoms with Crippen molar-refractivity contribution in [3.8, 4) is 0 Å². The summed E-state index contributed by atoms with van der Waals surface area (Å²) in [5, 5.41) is 11.2. The molecular weight excluding hydrogens is 406 g/mol. The Morgan fingerprint density at radius 2 is 1.97 bits per heavy atom. The Kier molecular flexibility index (Phi) is 5.87. The lowest BCUT2D eigenvalue weighted by atomic mass is 10.2. The van der Waals surface area contributed by atoms with E-state index in [1.54, 1.807) is 10.9 Å². The molecule has 3 heterocycles. The van der Waals surface area contributed by atoms with Crippen molar-refractivity contribution in [2.45, 2.75) is 70.0 Å². The first-order valence-electron chi connectivity index (χ1n) is 11.6. The van der Waals surface area contributed by atoms with E-state index in [0.29, 0.717) is 25.1 Å². The number of aryl methyl sites for hydroxylation is 1. The minimum Gasteiger partial charge on any atom is -0.348 e. The molecule has 32 heavy (non-hydrogen) atoms. The predicted molar refractivity (Wildman–Crippen MR) is 119 cm³/mol. The highest BCUT2D eigenvalue weighted by Gasteiger charge is 2.29. The van der Waals surface area contributed by atoms with E-state index < -0.39 is 0 Å². The third-order valence-electron chi connectivity index (χ3n) is 6.57. The molecule has 168 valence electrons. The van der Waals surface area contributed by atoms with Gasteiger partial charge >= 0.3 is 0 Å². The number of likely N-dealkylation sites (tertiary alicyclic amines) is 1. The Bertz CT molecular complexity index is 1070. The quantitative estimate of drug-likeness (QED) is 0.593. The fourth-order valence-corrected chi connectivity index (χ4v) is 4.88. The maximum Gasteiger partial charge on any atom is 0.273 e. The Balaban J connectivity index is 1.16. The van der Waals surface area contributed by atoms with Gasteiger partial charge in [-0.25, -0.2) is 9.67 Å². The number of carbonyl (C=O) groups is 2. The summed E-state index contributed by atoms with van der Waals surface area (Å²) in [4.78, 5) is 35.1. The summed E-state index contributed by atoms with van der Waals surface area (Å²) in [6.07, 6.45) is 9.01. The Hall–Kier alpha value is -3.23. The van der Waals surface area contributed by atoms with Crippen LogP contribution in [0.1, 0.15) is 61.3 Å². The summed E-state index contributed by atoms with van der Waals surface area (Å²) >= 11 is 0. The number of para-hydroxylation sites is 2. The molecule has 1 aliphatic carbocycles. The SMILES string of the molecule is O=C(NC1CCCC1)c1cn(C[C@@H]2CCCN2C(=O)CCc2nc3ccccc3[nH]2)nn1. The molecular formula is C23H29N7O2. The van der Waals surface area contributed by atoms with Crippen molar-refractivity contribution in [3.05, 3.63) is 42.0 Å². The van der Waals surface area contributed by atoms with Crippen molar-refractivity contribution < 1.29 is 9.59 Å². The lowest BCUT2D eigenvalue weighted by Crippen LogP contribution is -2.38. The first-order valence-corrected chi connectivity index (χ1v) is 11.6. The normalized spacial score (nSPS) is 19.1. The van der Waals surface area contributed by atoms with Crippen LogP contribution >= 0.6 is 0 Å². The van der Waals surface area contributed by atoms with Gasteiger partial charge in [0, 0.05) is 25.4 Å². The summed E-state index contributed by atoms with van der Waals surface area (Å²) in [6.45, 7) is 1.31. The predicted octanol–water partition coefficient (Wildman–Crippen LogP) is 2.45. The van der Waals surface area contributed by atoms with E-state index in [4.69, 9.17) is 0 Å². The van der Waals surface area contributed by atoms with Gasteiger partial charge in [-0.1, -0.05) is 30.2 Å². The Morgan fingerprint density at radius 1 is 1.12 bits per heavy atom. The van der Waals surface area contributed by atoms with Crippen LogP contribution in [0.5, 0.6) is 0 Å². The molecule has 0 bridgehead atoms. The van der Waals surface area contributed by atoms with Crippen molar-refractivity contribution in [2.75, 3.05) is 6.54 Å². The Labute approximate surface area is 186 Å². The second kappa shape index (κ2) is 9.10. The van der Waals surface area contributed by atoms with Crippen LogP contribution in [-0.2, 0) is 17.8 Å². The zero-order valence-electron chi connectivity index (χ0n) is 18.2. The van der Waals surface area contributed by atoms with Crippen LogP contribution in [0.2, 0.25) is 0 Å². The topological polar surface area (TPSA) is 109 Å². The van der Waals surface area contributed by atoms with Crippen molar-refractivity contribution in [1.29, 1.82) is 0 Å². The first-order chi connectivity index (χ1) is 15.7. The number of H-pyrrole nitrogens is 1. The van der Waals surface area contributed by atoms with E-state index in [-0.39, 0.29) is 23.9 Å². The number of hydrogen-bond acceptors (Lipinski definition) is 5. The molecule has 9 heteroatoms. The van der Waals surface area contributed by atoms with E-state index >= 15 is 0 Å². The van der Waals surface area contributed by atoms with Crippen LogP contribution in [0.4, 0.5) is 0 Å². The molecule has 5 rings (SSSR count). The number of rotatable bonds is 7. The summed E-state index contributed by atoms with van der Waals surface area (Å²) in [7, 11) is 0. The highest BCUT2D eigenvalue weighted by atomic mass is 16.2. The summed E-state index contributed by atoms with van der Waals surface area (Å²) in [5.41, 5.74) is 2.26. The average molecular weight is 436 g/mol. The van der Waals surface area contributed by atoms with Crippen molar-refractivity contribution >= 4 is 22.8 Å². The van der Waals surface area contributed by atoms with Gasteiger partial charge < -0.3 is 15.2 Å². The van der Waals surface area contributed by atoms with Crippen LogP contribution in [0.15, 0.2) is 30.5 Å². The summed E-state index contributed by atoms with van der Waals surface area (Å²) < 4.78 is 1.69. The zero-order valence-corrected chi connectivity index (χ0v) is 18.2. The van der Waals surface area contributed by atoms with Crippen LogP contribution in [0, 0.1) is 0 Å². The molecule has 0 unspecified atom stereocenters.